The lowest BCUT2D eigenvalue weighted by Crippen LogP contribution is -2.25. The van der Waals surface area contributed by atoms with Crippen molar-refractivity contribution in [3.05, 3.63) is 48.8 Å². The van der Waals surface area contributed by atoms with Crippen LogP contribution in [0.15, 0.2) is 48.8 Å². The molecule has 0 aliphatic carbocycles. The first-order chi connectivity index (χ1) is 25.4. The van der Waals surface area contributed by atoms with Crippen LogP contribution < -0.4 is 5.73 Å². The molecule has 0 aliphatic rings. The molecule has 0 aliphatic heterocycles. The van der Waals surface area contributed by atoms with Crippen LogP contribution in [0.1, 0.15) is 187 Å². The zero-order valence-electron chi connectivity index (χ0n) is 33.5. The molecule has 8 nitrogen and oxygen atoms in total. The molecule has 0 amide bonds. The van der Waals surface area contributed by atoms with E-state index in [4.69, 9.17) is 24.3 Å². The summed E-state index contributed by atoms with van der Waals surface area (Å²) in [5, 5.41) is 0. The van der Waals surface area contributed by atoms with Crippen molar-refractivity contribution in [3.8, 4) is 0 Å². The van der Waals surface area contributed by atoms with Gasteiger partial charge in [0.15, 0.2) is 6.10 Å². The molecule has 304 valence electrons. The van der Waals surface area contributed by atoms with E-state index in [1.807, 2.05) is 6.08 Å². The second kappa shape index (κ2) is 40.5. The third-order valence-electron chi connectivity index (χ3n) is 8.84. The first kappa shape index (κ1) is 50.3. The van der Waals surface area contributed by atoms with Gasteiger partial charge in [-0.2, -0.15) is 0 Å². The second-order valence-electron chi connectivity index (χ2n) is 13.9. The average Bonchev–Trinajstić information content (AvgIpc) is 3.14. The molecule has 0 aromatic rings. The standard InChI is InChI=1S/C43H80NO7P/c1-3-5-7-9-11-13-15-17-19-21-22-24-26-28-30-32-34-36-43(45)49-40-42(41-51-52(46,47)50-39-37-44)48-38-35-33-31-29-27-25-23-20-18-16-14-12-10-8-6-4-2/h11,13,17,19,22,24,35,38,42H,3-10,12,14-16,18,20-21,23,25-34,36-37,39-41,44H2,1-2H3,(H,46,47). The second-order valence-corrected chi connectivity index (χ2v) is 15.4. The Morgan fingerprint density at radius 2 is 1.04 bits per heavy atom. The quantitative estimate of drug-likeness (QED) is 0.0209. The van der Waals surface area contributed by atoms with E-state index in [9.17, 15) is 14.3 Å². The number of carbonyl (C=O) groups excluding carboxylic acids is 1. The average molecular weight is 754 g/mol. The van der Waals surface area contributed by atoms with Crippen LogP contribution in [0.5, 0.6) is 0 Å². The van der Waals surface area contributed by atoms with E-state index in [0.29, 0.717) is 6.42 Å². The van der Waals surface area contributed by atoms with Gasteiger partial charge >= 0.3 is 13.8 Å². The molecule has 0 spiro atoms. The maximum Gasteiger partial charge on any atom is 0.472 e. The number of carbonyl (C=O) groups is 1. The minimum Gasteiger partial charge on any atom is -0.492 e. The predicted octanol–water partition coefficient (Wildman–Crippen LogP) is 12.8. The van der Waals surface area contributed by atoms with Crippen molar-refractivity contribution in [3.63, 3.8) is 0 Å². The maximum atomic E-state index is 12.4. The fraction of sp³-hybridized carbons (Fsp3) is 0.791. The molecule has 0 saturated heterocycles. The molecular formula is C43H80NO7P. The summed E-state index contributed by atoms with van der Waals surface area (Å²) >= 11 is 0. The summed E-state index contributed by atoms with van der Waals surface area (Å²) in [5.41, 5.74) is 5.36. The van der Waals surface area contributed by atoms with Crippen molar-refractivity contribution in [1.82, 2.24) is 0 Å². The number of esters is 1. The summed E-state index contributed by atoms with van der Waals surface area (Å²) in [5.74, 6) is -0.311. The summed E-state index contributed by atoms with van der Waals surface area (Å²) in [6, 6.07) is 0. The number of hydrogen-bond acceptors (Lipinski definition) is 7. The van der Waals surface area contributed by atoms with Gasteiger partial charge in [0.1, 0.15) is 6.61 Å². The van der Waals surface area contributed by atoms with E-state index in [2.05, 4.69) is 50.3 Å². The van der Waals surface area contributed by atoms with Gasteiger partial charge in [0.2, 0.25) is 0 Å². The Morgan fingerprint density at radius 1 is 0.596 bits per heavy atom. The van der Waals surface area contributed by atoms with Crippen LogP contribution in [0, 0.1) is 0 Å². The Labute approximate surface area is 320 Å². The topological polar surface area (TPSA) is 117 Å². The largest absolute Gasteiger partial charge is 0.492 e. The molecule has 0 rings (SSSR count). The van der Waals surface area contributed by atoms with E-state index < -0.39 is 13.9 Å². The number of unbranched alkanes of at least 4 members (excludes halogenated alkanes) is 21. The van der Waals surface area contributed by atoms with Crippen molar-refractivity contribution in [1.29, 1.82) is 0 Å². The monoisotopic (exact) mass is 754 g/mol. The summed E-state index contributed by atoms with van der Waals surface area (Å²) in [4.78, 5) is 22.3. The molecule has 0 aromatic carbocycles. The highest BCUT2D eigenvalue weighted by Gasteiger charge is 2.24. The van der Waals surface area contributed by atoms with Crippen molar-refractivity contribution in [2.24, 2.45) is 5.73 Å². The number of phosphoric acid groups is 1. The number of allylic oxidation sites excluding steroid dienone is 7. The lowest BCUT2D eigenvalue weighted by Gasteiger charge is -2.19. The Morgan fingerprint density at radius 3 is 1.58 bits per heavy atom. The molecule has 0 bridgehead atoms. The Kier molecular flexibility index (Phi) is 39.2. The van der Waals surface area contributed by atoms with Crippen LogP contribution >= 0.6 is 7.82 Å². The molecule has 3 N–H and O–H groups in total. The minimum atomic E-state index is -4.27. The first-order valence-electron chi connectivity index (χ1n) is 21.2. The smallest absolute Gasteiger partial charge is 0.472 e. The van der Waals surface area contributed by atoms with Gasteiger partial charge in [-0.05, 0) is 63.9 Å². The van der Waals surface area contributed by atoms with Crippen LogP contribution in [-0.4, -0.2) is 43.3 Å². The molecule has 2 atom stereocenters. The Balaban J connectivity index is 4.13. The molecule has 52 heavy (non-hydrogen) atoms. The highest BCUT2D eigenvalue weighted by atomic mass is 31.2. The third-order valence-corrected chi connectivity index (χ3v) is 9.82. The Bertz CT molecular complexity index is 936. The molecule has 0 radical (unpaired) electrons. The molecular weight excluding hydrogens is 673 g/mol. The van der Waals surface area contributed by atoms with Crippen molar-refractivity contribution in [2.45, 2.75) is 193 Å². The van der Waals surface area contributed by atoms with Gasteiger partial charge in [-0.3, -0.25) is 13.8 Å². The summed E-state index contributed by atoms with van der Waals surface area (Å²) in [6.45, 7) is 4.17. The van der Waals surface area contributed by atoms with E-state index in [1.54, 1.807) is 6.26 Å². The molecule has 0 aromatic heterocycles. The van der Waals surface area contributed by atoms with E-state index >= 15 is 0 Å². The number of hydrogen-bond donors (Lipinski definition) is 2. The summed E-state index contributed by atoms with van der Waals surface area (Å²) in [6.07, 6.45) is 47.9. The fourth-order valence-electron chi connectivity index (χ4n) is 5.63. The van der Waals surface area contributed by atoms with Gasteiger partial charge in [0, 0.05) is 13.0 Å². The van der Waals surface area contributed by atoms with E-state index in [0.717, 1.165) is 57.8 Å². The Hall–Kier alpha value is -1.70. The zero-order chi connectivity index (χ0) is 38.1. The van der Waals surface area contributed by atoms with Crippen molar-refractivity contribution >= 4 is 13.8 Å². The normalized spacial score (nSPS) is 13.9. The highest BCUT2D eigenvalue weighted by Crippen LogP contribution is 2.43. The third kappa shape index (κ3) is 39.5. The van der Waals surface area contributed by atoms with Gasteiger partial charge in [0.25, 0.3) is 0 Å². The van der Waals surface area contributed by atoms with Crippen LogP contribution in [-0.2, 0) is 27.9 Å². The van der Waals surface area contributed by atoms with Gasteiger partial charge < -0.3 is 20.1 Å². The summed E-state index contributed by atoms with van der Waals surface area (Å²) < 4.78 is 33.2. The summed E-state index contributed by atoms with van der Waals surface area (Å²) in [7, 11) is -4.27. The highest BCUT2D eigenvalue weighted by molar-refractivity contribution is 7.47. The van der Waals surface area contributed by atoms with Gasteiger partial charge in [-0.25, -0.2) is 4.57 Å². The van der Waals surface area contributed by atoms with Crippen LogP contribution in [0.25, 0.3) is 0 Å². The maximum absolute atomic E-state index is 12.4. The lowest BCUT2D eigenvalue weighted by molar-refractivity contribution is -0.147. The van der Waals surface area contributed by atoms with Gasteiger partial charge in [-0.15, -0.1) is 0 Å². The zero-order valence-corrected chi connectivity index (χ0v) is 34.4. The van der Waals surface area contributed by atoms with Crippen LogP contribution in [0.4, 0.5) is 0 Å². The number of rotatable bonds is 40. The molecule has 0 fully saturated rings. The number of nitrogens with two attached hydrogens (primary N) is 1. The minimum absolute atomic E-state index is 0.0760. The first-order valence-corrected chi connectivity index (χ1v) is 22.7. The SMILES string of the molecule is CCCCCC=CCC=CCC=CCCCCCCC(=O)OCC(COP(=O)(O)OCCN)OC=CCCCCCCCCCCCCCCCC. The van der Waals surface area contributed by atoms with Crippen LogP contribution in [0.2, 0.25) is 0 Å². The van der Waals surface area contributed by atoms with Gasteiger partial charge in [0.05, 0.1) is 19.5 Å². The van der Waals surface area contributed by atoms with Crippen molar-refractivity contribution in [2.75, 3.05) is 26.4 Å². The van der Waals surface area contributed by atoms with E-state index in [1.165, 1.54) is 109 Å². The van der Waals surface area contributed by atoms with E-state index in [-0.39, 0.29) is 32.3 Å². The molecule has 0 saturated carbocycles. The molecule has 9 heteroatoms. The fourth-order valence-corrected chi connectivity index (χ4v) is 6.40. The van der Waals surface area contributed by atoms with Crippen LogP contribution in [0.3, 0.4) is 0 Å². The lowest BCUT2D eigenvalue weighted by atomic mass is 10.0. The number of ether oxygens (including phenoxy) is 2. The van der Waals surface area contributed by atoms with Gasteiger partial charge in [-0.1, -0.05) is 159 Å². The molecule has 0 heterocycles. The molecule has 2 unspecified atom stereocenters. The predicted molar refractivity (Wildman–Crippen MR) is 219 cm³/mol. The van der Waals surface area contributed by atoms with Crippen molar-refractivity contribution < 1.29 is 32.8 Å². The number of phosphoric ester groups is 1.